The Labute approximate surface area is 338 Å². The molecule has 7 rings (SSSR count). The highest BCUT2D eigenvalue weighted by molar-refractivity contribution is 5.70. The van der Waals surface area contributed by atoms with Gasteiger partial charge >= 0.3 is 5.97 Å². The molecule has 8 heteroatoms. The third kappa shape index (κ3) is 12.4. The number of aliphatic carboxylic acids is 1. The van der Waals surface area contributed by atoms with Crippen LogP contribution in [0.5, 0.6) is 34.5 Å². The van der Waals surface area contributed by atoms with Crippen LogP contribution in [0, 0.1) is 0 Å². The molecule has 0 saturated heterocycles. The van der Waals surface area contributed by atoms with Crippen molar-refractivity contribution in [3.8, 4) is 34.5 Å². The maximum absolute atomic E-state index is 11.8. The molecule has 0 unspecified atom stereocenters. The van der Waals surface area contributed by atoms with Gasteiger partial charge in [-0.05, 0) is 75.3 Å². The molecule has 0 spiro atoms. The van der Waals surface area contributed by atoms with Crippen LogP contribution in [0.25, 0.3) is 0 Å². The number of hydrogen-bond donors (Lipinski definition) is 1. The van der Waals surface area contributed by atoms with Gasteiger partial charge < -0.3 is 33.5 Å². The fourth-order valence-corrected chi connectivity index (χ4v) is 6.13. The molecule has 7 aromatic carbocycles. The van der Waals surface area contributed by atoms with Crippen molar-refractivity contribution in [1.82, 2.24) is 0 Å². The molecule has 1 N–H and O–H groups in total. The Morgan fingerprint density at radius 3 is 0.776 bits per heavy atom. The summed E-state index contributed by atoms with van der Waals surface area (Å²) in [5.74, 6) is 2.51. The number of ether oxygens (including phenoxy) is 6. The van der Waals surface area contributed by atoms with Crippen molar-refractivity contribution in [2.45, 2.75) is 46.1 Å². The Bertz CT molecular complexity index is 2070. The molecule has 0 fully saturated rings. The first kappa shape index (κ1) is 39.1. The summed E-state index contributed by atoms with van der Waals surface area (Å²) < 4.78 is 37.4. The molecular formula is C50H44O8. The van der Waals surface area contributed by atoms with Crippen LogP contribution in [0.2, 0.25) is 0 Å². The van der Waals surface area contributed by atoms with Crippen LogP contribution in [-0.4, -0.2) is 11.1 Å². The van der Waals surface area contributed by atoms with E-state index in [1.54, 1.807) is 18.2 Å². The fraction of sp³-hybridized carbons (Fsp3) is 0.140. The van der Waals surface area contributed by atoms with E-state index in [-0.39, 0.29) is 19.6 Å². The molecule has 0 radical (unpaired) electrons. The first-order valence-corrected chi connectivity index (χ1v) is 19.1. The third-order valence-electron chi connectivity index (χ3n) is 8.98. The molecule has 0 saturated carbocycles. The van der Waals surface area contributed by atoms with Crippen LogP contribution < -0.4 is 28.4 Å². The van der Waals surface area contributed by atoms with Gasteiger partial charge in [-0.3, -0.25) is 4.79 Å². The van der Waals surface area contributed by atoms with E-state index in [1.807, 2.05) is 158 Å². The summed E-state index contributed by atoms with van der Waals surface area (Å²) in [6.07, 6.45) is -0.200. The average Bonchev–Trinajstić information content (AvgIpc) is 3.26. The first-order valence-electron chi connectivity index (χ1n) is 19.1. The van der Waals surface area contributed by atoms with Gasteiger partial charge in [0.1, 0.15) is 74.1 Å². The number of carboxylic acids is 1. The van der Waals surface area contributed by atoms with Crippen LogP contribution in [-0.2, 0) is 50.9 Å². The molecule has 0 amide bonds. The van der Waals surface area contributed by atoms with Crippen LogP contribution in [0.15, 0.2) is 176 Å². The SMILES string of the molecule is O=C(O)Cc1cc(OCc2cc(OCc3ccccc3)cc(OCc3ccccc3)c2)cc(OCc2cc(OCc3ccccc3)cc(OCc3ccccc3)c2)c1. The van der Waals surface area contributed by atoms with E-state index in [0.717, 1.165) is 33.4 Å². The van der Waals surface area contributed by atoms with Crippen molar-refractivity contribution in [1.29, 1.82) is 0 Å². The van der Waals surface area contributed by atoms with Gasteiger partial charge in [0.15, 0.2) is 0 Å². The lowest BCUT2D eigenvalue weighted by atomic mass is 10.1. The van der Waals surface area contributed by atoms with Crippen LogP contribution in [0.3, 0.4) is 0 Å². The summed E-state index contributed by atoms with van der Waals surface area (Å²) in [5.41, 5.74) is 6.34. The Kier molecular flexibility index (Phi) is 13.5. The largest absolute Gasteiger partial charge is 0.489 e. The molecule has 0 aliphatic heterocycles. The van der Waals surface area contributed by atoms with E-state index < -0.39 is 5.97 Å². The lowest BCUT2D eigenvalue weighted by molar-refractivity contribution is -0.136. The van der Waals surface area contributed by atoms with Gasteiger partial charge in [-0.1, -0.05) is 121 Å². The van der Waals surface area contributed by atoms with Gasteiger partial charge in [0.05, 0.1) is 6.42 Å². The van der Waals surface area contributed by atoms with Crippen molar-refractivity contribution in [3.05, 3.63) is 215 Å². The molecule has 0 aliphatic rings. The van der Waals surface area contributed by atoms with Crippen molar-refractivity contribution in [2.75, 3.05) is 0 Å². The topological polar surface area (TPSA) is 92.7 Å². The number of carbonyl (C=O) groups is 1. The molecule has 58 heavy (non-hydrogen) atoms. The summed E-state index contributed by atoms with van der Waals surface area (Å²) in [6.45, 7) is 1.91. The van der Waals surface area contributed by atoms with E-state index in [0.29, 0.717) is 66.5 Å². The summed E-state index contributed by atoms with van der Waals surface area (Å²) in [4.78, 5) is 11.8. The quantitative estimate of drug-likeness (QED) is 0.0819. The highest BCUT2D eigenvalue weighted by Crippen LogP contribution is 2.30. The molecule has 0 aliphatic carbocycles. The van der Waals surface area contributed by atoms with Crippen molar-refractivity contribution in [3.63, 3.8) is 0 Å². The monoisotopic (exact) mass is 772 g/mol. The van der Waals surface area contributed by atoms with Crippen molar-refractivity contribution < 1.29 is 38.3 Å². The average molecular weight is 773 g/mol. The maximum Gasteiger partial charge on any atom is 0.307 e. The molecule has 7 aromatic rings. The minimum Gasteiger partial charge on any atom is -0.489 e. The van der Waals surface area contributed by atoms with E-state index in [1.165, 1.54) is 0 Å². The predicted molar refractivity (Wildman–Crippen MR) is 222 cm³/mol. The van der Waals surface area contributed by atoms with Crippen LogP contribution >= 0.6 is 0 Å². The summed E-state index contributed by atoms with van der Waals surface area (Å²) >= 11 is 0. The summed E-state index contributed by atoms with van der Waals surface area (Å²) in [6, 6.07) is 56.4. The second-order valence-electron chi connectivity index (χ2n) is 13.7. The number of rotatable bonds is 20. The molecule has 0 aromatic heterocycles. The Balaban J connectivity index is 1.07. The smallest absolute Gasteiger partial charge is 0.307 e. The zero-order valence-corrected chi connectivity index (χ0v) is 32.0. The molecule has 0 bridgehead atoms. The normalized spacial score (nSPS) is 10.7. The number of benzene rings is 7. The van der Waals surface area contributed by atoms with Gasteiger partial charge in [0, 0.05) is 18.2 Å². The standard InChI is InChI=1S/C50H44O8/c51-50(52)27-41-21-44(57-35-42-23-46(53-31-37-13-5-1-6-14-37)29-47(24-42)54-32-38-15-7-2-8-16-38)28-45(22-41)58-36-43-25-48(55-33-39-17-9-3-10-18-39)30-49(26-43)56-34-40-19-11-4-12-20-40/h1-26,28-30H,27,31-36H2,(H,51,52). The zero-order chi connectivity index (χ0) is 39.8. The van der Waals surface area contributed by atoms with E-state index in [2.05, 4.69) is 0 Å². The predicted octanol–water partition coefficient (Wildman–Crippen LogP) is 10.8. The Hall–Kier alpha value is -7.19. The van der Waals surface area contributed by atoms with Crippen LogP contribution in [0.1, 0.15) is 38.9 Å². The van der Waals surface area contributed by atoms with Crippen LogP contribution in [0.4, 0.5) is 0 Å². The lowest BCUT2D eigenvalue weighted by Crippen LogP contribution is -2.04. The van der Waals surface area contributed by atoms with Gasteiger partial charge in [-0.2, -0.15) is 0 Å². The highest BCUT2D eigenvalue weighted by atomic mass is 16.5. The second kappa shape index (κ2) is 20.1. The maximum atomic E-state index is 11.8. The molecule has 0 heterocycles. The third-order valence-corrected chi connectivity index (χ3v) is 8.98. The number of hydrogen-bond acceptors (Lipinski definition) is 7. The minimum absolute atomic E-state index is 0.170. The lowest BCUT2D eigenvalue weighted by Gasteiger charge is -2.15. The minimum atomic E-state index is -0.963. The molecule has 8 nitrogen and oxygen atoms in total. The second-order valence-corrected chi connectivity index (χ2v) is 13.7. The van der Waals surface area contributed by atoms with Gasteiger partial charge in [0.2, 0.25) is 0 Å². The molecular weight excluding hydrogens is 729 g/mol. The van der Waals surface area contributed by atoms with E-state index >= 15 is 0 Å². The van der Waals surface area contributed by atoms with E-state index in [9.17, 15) is 9.90 Å². The van der Waals surface area contributed by atoms with E-state index in [4.69, 9.17) is 28.4 Å². The van der Waals surface area contributed by atoms with Gasteiger partial charge in [-0.15, -0.1) is 0 Å². The number of carboxylic acid groups (broad SMARTS) is 1. The Morgan fingerprint density at radius 2 is 0.534 bits per heavy atom. The highest BCUT2D eigenvalue weighted by Gasteiger charge is 2.12. The van der Waals surface area contributed by atoms with Crippen molar-refractivity contribution >= 4 is 5.97 Å². The fourth-order valence-electron chi connectivity index (χ4n) is 6.13. The molecule has 0 atom stereocenters. The Morgan fingerprint density at radius 1 is 0.310 bits per heavy atom. The molecule has 292 valence electrons. The van der Waals surface area contributed by atoms with Gasteiger partial charge in [0.25, 0.3) is 0 Å². The summed E-state index contributed by atoms with van der Waals surface area (Å²) in [7, 11) is 0. The summed E-state index contributed by atoms with van der Waals surface area (Å²) in [5, 5.41) is 9.68. The zero-order valence-electron chi connectivity index (χ0n) is 32.0. The first-order chi connectivity index (χ1) is 28.5. The van der Waals surface area contributed by atoms with Crippen molar-refractivity contribution in [2.24, 2.45) is 0 Å². The van der Waals surface area contributed by atoms with Gasteiger partial charge in [-0.25, -0.2) is 0 Å².